The van der Waals surface area contributed by atoms with E-state index in [0.717, 1.165) is 12.0 Å². The largest absolute Gasteiger partial charge is 0.508 e. The Morgan fingerprint density at radius 2 is 2.00 bits per heavy atom. The van der Waals surface area contributed by atoms with Gasteiger partial charge in [0.2, 0.25) is 5.54 Å². The average molecular weight is 297 g/mol. The highest BCUT2D eigenvalue weighted by atomic mass is 16.6. The van der Waals surface area contributed by atoms with Gasteiger partial charge in [0.25, 0.3) is 5.91 Å². The number of aliphatic hydroxyl groups is 1. The molecular formula is C14H19NO6. The molecule has 0 saturated carbocycles. The van der Waals surface area contributed by atoms with Gasteiger partial charge in [-0.3, -0.25) is 14.5 Å². The summed E-state index contributed by atoms with van der Waals surface area (Å²) in [4.78, 5) is 37.5. The highest BCUT2D eigenvalue weighted by Crippen LogP contribution is 2.46. The van der Waals surface area contributed by atoms with E-state index in [1.165, 1.54) is 6.92 Å². The summed E-state index contributed by atoms with van der Waals surface area (Å²) in [5, 5.41) is 10.4. The fraction of sp³-hybridized carbons (Fsp3) is 0.643. The van der Waals surface area contributed by atoms with Crippen LogP contribution in [0.1, 0.15) is 27.7 Å². The van der Waals surface area contributed by atoms with E-state index in [-0.39, 0.29) is 12.2 Å². The number of aliphatic hydroxyl groups excluding tert-OH is 1. The minimum absolute atomic E-state index is 0.240. The first-order chi connectivity index (χ1) is 9.59. The number of ether oxygens (including phenoxy) is 2. The molecule has 0 aromatic carbocycles. The van der Waals surface area contributed by atoms with Gasteiger partial charge in [0.1, 0.15) is 17.6 Å². The Labute approximate surface area is 122 Å². The first-order valence-electron chi connectivity index (χ1n) is 6.57. The number of carbonyl (C=O) groups excluding carboxylic acids is 3. The number of rotatable bonds is 2. The van der Waals surface area contributed by atoms with Crippen LogP contribution in [0.5, 0.6) is 0 Å². The average Bonchev–Trinajstić information content (AvgIpc) is 2.85. The molecule has 2 heterocycles. The zero-order valence-corrected chi connectivity index (χ0v) is 12.7. The molecule has 7 heteroatoms. The van der Waals surface area contributed by atoms with Crippen molar-refractivity contribution in [3.05, 3.63) is 11.3 Å². The number of amides is 1. The quantitative estimate of drug-likeness (QED) is 0.591. The fourth-order valence-corrected chi connectivity index (χ4v) is 2.81. The molecule has 2 atom stereocenters. The van der Waals surface area contributed by atoms with Crippen molar-refractivity contribution in [3.8, 4) is 0 Å². The van der Waals surface area contributed by atoms with Gasteiger partial charge in [-0.15, -0.1) is 0 Å². The van der Waals surface area contributed by atoms with E-state index in [9.17, 15) is 19.5 Å². The van der Waals surface area contributed by atoms with E-state index in [0.29, 0.717) is 0 Å². The van der Waals surface area contributed by atoms with Crippen LogP contribution in [0.25, 0.3) is 0 Å². The maximum atomic E-state index is 12.5. The second-order valence-electron chi connectivity index (χ2n) is 6.34. The van der Waals surface area contributed by atoms with Crippen molar-refractivity contribution in [2.24, 2.45) is 5.41 Å². The van der Waals surface area contributed by atoms with Crippen LogP contribution in [-0.4, -0.2) is 53.1 Å². The van der Waals surface area contributed by atoms with E-state index < -0.39 is 40.6 Å². The van der Waals surface area contributed by atoms with E-state index in [1.807, 2.05) is 20.8 Å². The first-order valence-corrected chi connectivity index (χ1v) is 6.57. The number of fused-ring (bicyclic) bond motifs is 1. The van der Waals surface area contributed by atoms with Crippen LogP contribution < -0.4 is 0 Å². The van der Waals surface area contributed by atoms with E-state index >= 15 is 0 Å². The van der Waals surface area contributed by atoms with Crippen LogP contribution >= 0.6 is 0 Å². The number of methoxy groups -OCH3 is 1. The predicted molar refractivity (Wildman–Crippen MR) is 71.1 cm³/mol. The molecule has 1 amide bonds. The molecular weight excluding hydrogens is 278 g/mol. The maximum absolute atomic E-state index is 12.5. The summed E-state index contributed by atoms with van der Waals surface area (Å²) >= 11 is 0. The molecule has 7 nitrogen and oxygen atoms in total. The smallest absolute Gasteiger partial charge is 0.342 e. The number of hydrogen-bond donors (Lipinski definition) is 1. The van der Waals surface area contributed by atoms with Gasteiger partial charge in [-0.05, 0) is 6.92 Å². The van der Waals surface area contributed by atoms with Gasteiger partial charge in [-0.1, -0.05) is 20.8 Å². The van der Waals surface area contributed by atoms with Crippen LogP contribution in [0.3, 0.4) is 0 Å². The number of hydrogen-bond acceptors (Lipinski definition) is 6. The molecule has 0 bridgehead atoms. The standard InChI is InChI=1S/C14H19NO6/c1-7(16)8-9(17)14(12(19)20-5)6-21-11(13(2,3)4)15(14)10(8)18/h11,17H,6H2,1-5H3/t11-,14-/m0/s1. The van der Waals surface area contributed by atoms with Gasteiger partial charge < -0.3 is 14.6 Å². The third kappa shape index (κ3) is 1.87. The predicted octanol–water partition coefficient (Wildman–Crippen LogP) is 0.544. The topological polar surface area (TPSA) is 93.1 Å². The van der Waals surface area contributed by atoms with Crippen molar-refractivity contribution in [2.75, 3.05) is 13.7 Å². The molecule has 1 N–H and O–H groups in total. The SMILES string of the molecule is COC(=O)[C@@]12CO[C@@H](C(C)(C)C)N1C(=O)C(C(C)=O)=C2O. The summed E-state index contributed by atoms with van der Waals surface area (Å²) in [7, 11) is 1.16. The number of ketones is 1. The molecule has 21 heavy (non-hydrogen) atoms. The molecule has 0 aliphatic carbocycles. The normalized spacial score (nSPS) is 28.9. The maximum Gasteiger partial charge on any atom is 0.342 e. The molecule has 2 aliphatic rings. The summed E-state index contributed by atoms with van der Waals surface area (Å²) in [6, 6.07) is 0. The van der Waals surface area contributed by atoms with Crippen molar-refractivity contribution >= 4 is 17.7 Å². The highest BCUT2D eigenvalue weighted by molar-refractivity contribution is 6.23. The Hall–Kier alpha value is -1.89. The van der Waals surface area contributed by atoms with E-state index in [1.54, 1.807) is 0 Å². The molecule has 0 radical (unpaired) electrons. The molecule has 116 valence electrons. The third-order valence-corrected chi connectivity index (χ3v) is 3.77. The Kier molecular flexibility index (Phi) is 3.36. The molecule has 0 spiro atoms. The second-order valence-corrected chi connectivity index (χ2v) is 6.34. The van der Waals surface area contributed by atoms with Gasteiger partial charge in [0.05, 0.1) is 13.7 Å². The summed E-state index contributed by atoms with van der Waals surface area (Å²) in [6.45, 7) is 6.43. The Bertz CT molecular complexity index is 558. The van der Waals surface area contributed by atoms with Crippen LogP contribution in [0.4, 0.5) is 0 Å². The van der Waals surface area contributed by atoms with Crippen molar-refractivity contribution < 1.29 is 29.0 Å². The monoisotopic (exact) mass is 297 g/mol. The lowest BCUT2D eigenvalue weighted by atomic mass is 9.91. The van der Waals surface area contributed by atoms with Crippen molar-refractivity contribution in [1.82, 2.24) is 4.90 Å². The van der Waals surface area contributed by atoms with Gasteiger partial charge in [0.15, 0.2) is 5.78 Å². The number of esters is 1. The van der Waals surface area contributed by atoms with E-state index in [2.05, 4.69) is 0 Å². The van der Waals surface area contributed by atoms with Crippen LogP contribution in [-0.2, 0) is 23.9 Å². The summed E-state index contributed by atoms with van der Waals surface area (Å²) in [6.07, 6.45) is -0.747. The summed E-state index contributed by atoms with van der Waals surface area (Å²) in [5.74, 6) is -2.71. The van der Waals surface area contributed by atoms with Crippen molar-refractivity contribution in [3.63, 3.8) is 0 Å². The van der Waals surface area contributed by atoms with Gasteiger partial charge in [-0.25, -0.2) is 4.79 Å². The molecule has 0 aromatic heterocycles. The van der Waals surface area contributed by atoms with Crippen LogP contribution in [0, 0.1) is 5.41 Å². The highest BCUT2D eigenvalue weighted by Gasteiger charge is 2.67. The minimum atomic E-state index is -1.76. The Morgan fingerprint density at radius 1 is 1.43 bits per heavy atom. The molecule has 0 unspecified atom stereocenters. The molecule has 2 rings (SSSR count). The van der Waals surface area contributed by atoms with Gasteiger partial charge in [0, 0.05) is 5.41 Å². The lowest BCUT2D eigenvalue weighted by molar-refractivity contribution is -0.158. The number of nitrogens with zero attached hydrogens (tertiary/aromatic N) is 1. The second kappa shape index (κ2) is 4.56. The van der Waals surface area contributed by atoms with Crippen LogP contribution in [0.2, 0.25) is 0 Å². The Morgan fingerprint density at radius 3 is 2.43 bits per heavy atom. The fourth-order valence-electron chi connectivity index (χ4n) is 2.81. The van der Waals surface area contributed by atoms with Crippen molar-refractivity contribution in [2.45, 2.75) is 39.5 Å². The van der Waals surface area contributed by atoms with E-state index in [4.69, 9.17) is 9.47 Å². The lowest BCUT2D eigenvalue weighted by Crippen LogP contribution is -2.56. The summed E-state index contributed by atoms with van der Waals surface area (Å²) < 4.78 is 10.3. The number of carbonyl (C=O) groups is 3. The zero-order valence-electron chi connectivity index (χ0n) is 12.7. The summed E-state index contributed by atoms with van der Waals surface area (Å²) in [5.41, 5.74) is -2.64. The van der Waals surface area contributed by atoms with Crippen LogP contribution in [0.15, 0.2) is 11.3 Å². The zero-order chi connectivity index (χ0) is 16.2. The number of Topliss-reactive ketones (excluding diaryl/α,β-unsaturated/α-hetero) is 1. The molecule has 0 aromatic rings. The third-order valence-electron chi connectivity index (χ3n) is 3.77. The first kappa shape index (κ1) is 15.5. The molecule has 1 fully saturated rings. The van der Waals surface area contributed by atoms with Gasteiger partial charge in [-0.2, -0.15) is 0 Å². The lowest BCUT2D eigenvalue weighted by Gasteiger charge is -2.36. The van der Waals surface area contributed by atoms with Gasteiger partial charge >= 0.3 is 5.97 Å². The molecule has 1 saturated heterocycles. The minimum Gasteiger partial charge on any atom is -0.508 e. The Balaban J connectivity index is 2.64. The van der Waals surface area contributed by atoms with Crippen molar-refractivity contribution in [1.29, 1.82) is 0 Å². The molecule has 2 aliphatic heterocycles.